The van der Waals surface area contributed by atoms with E-state index in [1.165, 1.54) is 18.3 Å². The molecule has 10 heteroatoms. The first-order valence-electron chi connectivity index (χ1n) is 12.8. The van der Waals surface area contributed by atoms with Crippen LogP contribution >= 0.6 is 0 Å². The van der Waals surface area contributed by atoms with Crippen molar-refractivity contribution < 1.29 is 22.8 Å². The summed E-state index contributed by atoms with van der Waals surface area (Å²) in [5.41, 5.74) is 3.66. The number of hydrogen-bond acceptors (Lipinski definition) is 4. The Balaban J connectivity index is 1.50. The number of benzene rings is 2. The van der Waals surface area contributed by atoms with Crippen molar-refractivity contribution in [3.8, 4) is 11.3 Å². The second-order valence-corrected chi connectivity index (χ2v) is 10.4. The van der Waals surface area contributed by atoms with E-state index in [1.807, 2.05) is 44.2 Å². The minimum Gasteiger partial charge on any atom is -0.356 e. The highest BCUT2D eigenvalue weighted by atomic mass is 19.3. The molecule has 7 nitrogen and oxygen atoms in total. The molecule has 4 N–H and O–H groups in total. The zero-order chi connectivity index (χ0) is 28.4. The third-order valence-corrected chi connectivity index (χ3v) is 6.72. The smallest absolute Gasteiger partial charge is 0.255 e. The number of nitrogens with one attached hydrogen (secondary N) is 4. The number of anilines is 3. The molecule has 2 aromatic carbocycles. The van der Waals surface area contributed by atoms with Gasteiger partial charge < -0.3 is 20.9 Å². The van der Waals surface area contributed by atoms with Crippen LogP contribution in [0.15, 0.2) is 72.9 Å². The number of rotatable bonds is 8. The van der Waals surface area contributed by atoms with Gasteiger partial charge in [-0.15, -0.1) is 0 Å². The lowest BCUT2D eigenvalue weighted by Gasteiger charge is -2.30. The number of aromatic amines is 1. The van der Waals surface area contributed by atoms with Crippen LogP contribution in [0, 0.1) is 5.82 Å². The van der Waals surface area contributed by atoms with Crippen LogP contribution in [0.2, 0.25) is 0 Å². The van der Waals surface area contributed by atoms with Crippen LogP contribution in [0.5, 0.6) is 0 Å². The molecule has 206 valence electrons. The van der Waals surface area contributed by atoms with E-state index in [-0.39, 0.29) is 17.3 Å². The Labute approximate surface area is 229 Å². The number of amides is 2. The van der Waals surface area contributed by atoms with Crippen molar-refractivity contribution in [2.75, 3.05) is 10.6 Å². The lowest BCUT2D eigenvalue weighted by Crippen LogP contribution is -2.49. The number of para-hydroxylation sites is 1. The summed E-state index contributed by atoms with van der Waals surface area (Å²) in [5, 5.41) is 9.02. The molecular weight excluding hydrogens is 519 g/mol. The van der Waals surface area contributed by atoms with Gasteiger partial charge in [0.15, 0.2) is 0 Å². The lowest BCUT2D eigenvalue weighted by molar-refractivity contribution is -0.118. The molecule has 0 aliphatic carbocycles. The Morgan fingerprint density at radius 3 is 2.50 bits per heavy atom. The molecule has 3 heterocycles. The number of nitrogens with zero attached hydrogens (tertiary/aromatic N) is 1. The Bertz CT molecular complexity index is 1530. The van der Waals surface area contributed by atoms with Gasteiger partial charge >= 0.3 is 0 Å². The molecule has 1 unspecified atom stereocenters. The summed E-state index contributed by atoms with van der Waals surface area (Å²) < 4.78 is 40.1. The Kier molecular flexibility index (Phi) is 7.34. The van der Waals surface area contributed by atoms with Crippen LogP contribution in [0.1, 0.15) is 47.8 Å². The van der Waals surface area contributed by atoms with E-state index in [9.17, 15) is 22.8 Å². The maximum absolute atomic E-state index is 13.4. The number of alkyl halides is 2. The molecule has 4 aromatic rings. The second-order valence-electron chi connectivity index (χ2n) is 10.4. The molecule has 0 saturated heterocycles. The summed E-state index contributed by atoms with van der Waals surface area (Å²) >= 11 is 0. The van der Waals surface area contributed by atoms with Crippen LogP contribution < -0.4 is 16.0 Å². The van der Waals surface area contributed by atoms with Gasteiger partial charge in [0.25, 0.3) is 5.91 Å². The highest BCUT2D eigenvalue weighted by molar-refractivity contribution is 6.07. The first kappa shape index (κ1) is 27.0. The lowest BCUT2D eigenvalue weighted by atomic mass is 9.91. The fourth-order valence-electron chi connectivity index (χ4n) is 4.93. The van der Waals surface area contributed by atoms with Crippen LogP contribution in [-0.4, -0.2) is 33.7 Å². The molecule has 1 atom stereocenters. The molecule has 40 heavy (non-hydrogen) atoms. The van der Waals surface area contributed by atoms with Crippen molar-refractivity contribution >= 4 is 29.0 Å². The number of hydrogen-bond donors (Lipinski definition) is 4. The number of aromatic nitrogens is 2. The van der Waals surface area contributed by atoms with E-state index in [0.717, 1.165) is 23.5 Å². The average molecular weight is 548 g/mol. The highest BCUT2D eigenvalue weighted by Gasteiger charge is 2.35. The monoisotopic (exact) mass is 547 g/mol. The van der Waals surface area contributed by atoms with E-state index in [2.05, 4.69) is 25.9 Å². The number of pyridine rings is 1. The average Bonchev–Trinajstić information content (AvgIpc) is 3.25. The zero-order valence-corrected chi connectivity index (χ0v) is 21.9. The SMILES string of the molecule is CC1(C)Cc2[nH]c(-c3ccnc(NC(=O)C(CC(F)F)c4ccc(F)cc4)c3)c(Nc3ccccc3)c2C(=O)N1. The van der Waals surface area contributed by atoms with E-state index in [4.69, 9.17) is 0 Å². The Hall–Kier alpha value is -4.60. The standard InChI is InChI=1S/C30H28F3N5O2/c1-30(2)16-22-25(29(40)38-30)27(35-20-6-4-3-5-7-20)26(36-22)18-12-13-34-24(14-18)37-28(39)21(15-23(32)33)17-8-10-19(31)11-9-17/h3-14,21,23,35-36H,15-16H2,1-2H3,(H,38,40)(H,34,37,39). The van der Waals surface area contributed by atoms with Gasteiger partial charge in [-0.25, -0.2) is 18.2 Å². The first-order valence-corrected chi connectivity index (χ1v) is 12.8. The highest BCUT2D eigenvalue weighted by Crippen LogP contribution is 2.39. The first-order chi connectivity index (χ1) is 19.1. The largest absolute Gasteiger partial charge is 0.356 e. The van der Waals surface area contributed by atoms with Crippen LogP contribution in [0.3, 0.4) is 0 Å². The van der Waals surface area contributed by atoms with E-state index < -0.39 is 36.0 Å². The molecule has 0 radical (unpaired) electrons. The van der Waals surface area contributed by atoms with Crippen molar-refractivity contribution in [2.24, 2.45) is 0 Å². The van der Waals surface area contributed by atoms with Gasteiger partial charge in [-0.05, 0) is 55.8 Å². The molecule has 2 aromatic heterocycles. The fourth-order valence-corrected chi connectivity index (χ4v) is 4.93. The maximum Gasteiger partial charge on any atom is 0.255 e. The molecule has 0 fully saturated rings. The minimum atomic E-state index is -2.74. The van der Waals surface area contributed by atoms with E-state index in [1.54, 1.807) is 12.1 Å². The predicted octanol–water partition coefficient (Wildman–Crippen LogP) is 6.40. The quantitative estimate of drug-likeness (QED) is 0.205. The molecular formula is C30H28F3N5O2. The Morgan fingerprint density at radius 2 is 1.80 bits per heavy atom. The molecule has 1 aliphatic rings. The third-order valence-electron chi connectivity index (χ3n) is 6.72. The third kappa shape index (κ3) is 5.85. The number of carbonyl (C=O) groups is 2. The maximum atomic E-state index is 13.4. The van der Waals surface area contributed by atoms with E-state index >= 15 is 0 Å². The van der Waals surface area contributed by atoms with E-state index in [0.29, 0.717) is 28.9 Å². The van der Waals surface area contributed by atoms with Gasteiger partial charge in [0.2, 0.25) is 12.3 Å². The molecule has 0 saturated carbocycles. The molecule has 5 rings (SSSR count). The van der Waals surface area contributed by atoms with Gasteiger partial charge in [0.05, 0.1) is 22.9 Å². The normalized spacial score (nSPS) is 14.8. The Morgan fingerprint density at radius 1 is 1.07 bits per heavy atom. The van der Waals surface area contributed by atoms with Crippen molar-refractivity contribution in [2.45, 2.75) is 44.6 Å². The predicted molar refractivity (Wildman–Crippen MR) is 147 cm³/mol. The summed E-state index contributed by atoms with van der Waals surface area (Å²) in [6.07, 6.45) is -1.41. The summed E-state index contributed by atoms with van der Waals surface area (Å²) in [6.45, 7) is 3.88. The molecule has 1 aliphatic heterocycles. The van der Waals surface area contributed by atoms with Crippen molar-refractivity contribution in [1.29, 1.82) is 0 Å². The van der Waals surface area contributed by atoms with Crippen molar-refractivity contribution in [3.63, 3.8) is 0 Å². The summed E-state index contributed by atoms with van der Waals surface area (Å²) in [7, 11) is 0. The van der Waals surface area contributed by atoms with Gasteiger partial charge in [-0.1, -0.05) is 30.3 Å². The molecule has 0 spiro atoms. The van der Waals surface area contributed by atoms with Gasteiger partial charge in [0, 0.05) is 41.5 Å². The topological polar surface area (TPSA) is 98.9 Å². The van der Waals surface area contributed by atoms with Crippen molar-refractivity contribution in [1.82, 2.24) is 15.3 Å². The molecule has 0 bridgehead atoms. The number of H-pyrrole nitrogens is 1. The minimum absolute atomic E-state index is 0.145. The number of fused-ring (bicyclic) bond motifs is 1. The second kappa shape index (κ2) is 10.9. The van der Waals surface area contributed by atoms with Crippen LogP contribution in [0.4, 0.5) is 30.4 Å². The van der Waals surface area contributed by atoms with Crippen LogP contribution in [-0.2, 0) is 11.2 Å². The summed E-state index contributed by atoms with van der Waals surface area (Å²) in [6, 6.07) is 17.6. The van der Waals surface area contributed by atoms with Gasteiger partial charge in [-0.2, -0.15) is 0 Å². The number of carbonyl (C=O) groups excluding carboxylic acids is 2. The van der Waals surface area contributed by atoms with Crippen LogP contribution in [0.25, 0.3) is 11.3 Å². The summed E-state index contributed by atoms with van der Waals surface area (Å²) in [5.74, 6) is -2.49. The van der Waals surface area contributed by atoms with Gasteiger partial charge in [-0.3, -0.25) is 9.59 Å². The van der Waals surface area contributed by atoms with Gasteiger partial charge in [0.1, 0.15) is 11.6 Å². The summed E-state index contributed by atoms with van der Waals surface area (Å²) in [4.78, 5) is 33.9. The fraction of sp³-hybridized carbons (Fsp3) is 0.233. The zero-order valence-electron chi connectivity index (χ0n) is 21.9. The van der Waals surface area contributed by atoms with Crippen molar-refractivity contribution in [3.05, 3.63) is 95.6 Å². The molecule has 2 amide bonds. The number of halogens is 3.